The number of rotatable bonds is 4. The van der Waals surface area contributed by atoms with Gasteiger partial charge < -0.3 is 10.0 Å². The van der Waals surface area contributed by atoms with Crippen molar-refractivity contribution >= 4 is 21.7 Å². The average Bonchev–Trinajstić information content (AvgIpc) is 2.95. The molecule has 0 aromatic carbocycles. The van der Waals surface area contributed by atoms with Crippen molar-refractivity contribution in [1.82, 2.24) is 4.90 Å². The van der Waals surface area contributed by atoms with Crippen molar-refractivity contribution in [1.29, 1.82) is 0 Å². The minimum Gasteiger partial charge on any atom is -0.481 e. The lowest BCUT2D eigenvalue weighted by molar-refractivity contribution is -0.153. The number of carbonyl (C=O) groups excluding carboxylic acids is 1. The Kier molecular flexibility index (Phi) is 4.09. The Morgan fingerprint density at radius 1 is 1.30 bits per heavy atom. The second kappa shape index (κ2) is 5.35. The van der Waals surface area contributed by atoms with E-state index in [0.29, 0.717) is 19.3 Å². The first-order valence-corrected chi connectivity index (χ1v) is 8.77. The summed E-state index contributed by atoms with van der Waals surface area (Å²) in [6.45, 7) is 0. The molecule has 1 heterocycles. The number of nitrogens with zero attached hydrogens (tertiary/aromatic N) is 1. The molecule has 1 N–H and O–H groups in total. The number of hydrogen-bond donors (Lipinski definition) is 1. The van der Waals surface area contributed by atoms with E-state index in [-0.39, 0.29) is 29.9 Å². The first kappa shape index (κ1) is 15.3. The van der Waals surface area contributed by atoms with Crippen LogP contribution in [-0.2, 0) is 19.4 Å². The van der Waals surface area contributed by atoms with Crippen molar-refractivity contribution in [3.05, 3.63) is 0 Å². The molecule has 1 saturated carbocycles. The Balaban J connectivity index is 2.02. The first-order valence-electron chi connectivity index (χ1n) is 6.95. The van der Waals surface area contributed by atoms with E-state index >= 15 is 0 Å². The molecule has 0 bridgehead atoms. The molecule has 1 saturated heterocycles. The third kappa shape index (κ3) is 2.97. The minimum atomic E-state index is -3.04. The predicted octanol–water partition coefficient (Wildman–Crippen LogP) is 0.667. The van der Waals surface area contributed by atoms with Crippen LogP contribution in [0, 0.1) is 5.41 Å². The molecule has 1 aliphatic carbocycles. The molecule has 6 nitrogen and oxygen atoms in total. The Morgan fingerprint density at radius 2 is 1.90 bits per heavy atom. The second-order valence-electron chi connectivity index (χ2n) is 6.03. The molecule has 0 aromatic rings. The molecule has 1 amide bonds. The van der Waals surface area contributed by atoms with Gasteiger partial charge in [-0.1, -0.05) is 12.8 Å². The lowest BCUT2D eigenvalue weighted by Gasteiger charge is -2.29. The Labute approximate surface area is 119 Å². The van der Waals surface area contributed by atoms with E-state index in [9.17, 15) is 23.1 Å². The third-order valence-electron chi connectivity index (χ3n) is 4.65. The third-order valence-corrected chi connectivity index (χ3v) is 6.40. The largest absolute Gasteiger partial charge is 0.481 e. The molecule has 114 valence electrons. The summed E-state index contributed by atoms with van der Waals surface area (Å²) in [6, 6.07) is -0.306. The highest BCUT2D eigenvalue weighted by molar-refractivity contribution is 7.91. The highest BCUT2D eigenvalue weighted by Crippen LogP contribution is 2.42. The summed E-state index contributed by atoms with van der Waals surface area (Å²) in [5, 5.41) is 9.38. The van der Waals surface area contributed by atoms with Crippen LogP contribution in [0.3, 0.4) is 0 Å². The molecule has 2 fully saturated rings. The van der Waals surface area contributed by atoms with Crippen LogP contribution in [0.2, 0.25) is 0 Å². The maximum Gasteiger partial charge on any atom is 0.310 e. The fraction of sp³-hybridized carbons (Fsp3) is 0.846. The van der Waals surface area contributed by atoms with Crippen LogP contribution in [0.15, 0.2) is 0 Å². The Hall–Kier alpha value is -1.11. The van der Waals surface area contributed by atoms with E-state index in [1.54, 1.807) is 7.05 Å². The minimum absolute atomic E-state index is 0.00465. The van der Waals surface area contributed by atoms with Gasteiger partial charge in [0.05, 0.1) is 16.9 Å². The molecule has 2 aliphatic rings. The molecule has 20 heavy (non-hydrogen) atoms. The summed E-state index contributed by atoms with van der Waals surface area (Å²) in [7, 11) is -1.46. The molecule has 0 radical (unpaired) electrons. The second-order valence-corrected chi connectivity index (χ2v) is 8.26. The lowest BCUT2D eigenvalue weighted by Crippen LogP contribution is -2.42. The van der Waals surface area contributed by atoms with Gasteiger partial charge in [0.25, 0.3) is 0 Å². The maximum absolute atomic E-state index is 12.3. The highest BCUT2D eigenvalue weighted by Gasteiger charge is 2.44. The van der Waals surface area contributed by atoms with E-state index in [1.807, 2.05) is 0 Å². The monoisotopic (exact) mass is 303 g/mol. The summed E-state index contributed by atoms with van der Waals surface area (Å²) in [5.41, 5.74) is -0.942. The van der Waals surface area contributed by atoms with E-state index in [4.69, 9.17) is 0 Å². The maximum atomic E-state index is 12.3. The number of hydrogen-bond acceptors (Lipinski definition) is 4. The van der Waals surface area contributed by atoms with Crippen LogP contribution in [0.1, 0.15) is 38.5 Å². The van der Waals surface area contributed by atoms with Crippen LogP contribution >= 0.6 is 0 Å². The van der Waals surface area contributed by atoms with Gasteiger partial charge in [-0.2, -0.15) is 0 Å². The van der Waals surface area contributed by atoms with Crippen molar-refractivity contribution in [2.24, 2.45) is 5.41 Å². The number of sulfone groups is 1. The van der Waals surface area contributed by atoms with Gasteiger partial charge in [-0.3, -0.25) is 9.59 Å². The molecule has 1 unspecified atom stereocenters. The quantitative estimate of drug-likeness (QED) is 0.824. The molecule has 0 aromatic heterocycles. The van der Waals surface area contributed by atoms with Gasteiger partial charge in [-0.15, -0.1) is 0 Å². The average molecular weight is 303 g/mol. The van der Waals surface area contributed by atoms with Gasteiger partial charge in [0.1, 0.15) is 0 Å². The van der Waals surface area contributed by atoms with Crippen molar-refractivity contribution in [3.63, 3.8) is 0 Å². The van der Waals surface area contributed by atoms with E-state index in [1.165, 1.54) is 4.90 Å². The normalized spacial score (nSPS) is 27.4. The molecule has 2 rings (SSSR count). The number of carboxylic acids is 1. The summed E-state index contributed by atoms with van der Waals surface area (Å²) in [6.07, 6.45) is 3.16. The Bertz CT molecular complexity index is 507. The smallest absolute Gasteiger partial charge is 0.310 e. The van der Waals surface area contributed by atoms with E-state index in [0.717, 1.165) is 12.8 Å². The predicted molar refractivity (Wildman–Crippen MR) is 73.0 cm³/mol. The summed E-state index contributed by atoms with van der Waals surface area (Å²) >= 11 is 0. The van der Waals surface area contributed by atoms with Crippen molar-refractivity contribution in [2.45, 2.75) is 44.6 Å². The number of aliphatic carboxylic acids is 1. The van der Waals surface area contributed by atoms with Crippen LogP contribution in [0.25, 0.3) is 0 Å². The summed E-state index contributed by atoms with van der Waals surface area (Å²) < 4.78 is 22.9. The fourth-order valence-electron chi connectivity index (χ4n) is 3.22. The zero-order valence-corrected chi connectivity index (χ0v) is 12.5. The zero-order valence-electron chi connectivity index (χ0n) is 11.7. The van der Waals surface area contributed by atoms with Crippen molar-refractivity contribution < 1.29 is 23.1 Å². The number of carbonyl (C=O) groups is 2. The van der Waals surface area contributed by atoms with Gasteiger partial charge in [0.15, 0.2) is 9.84 Å². The topological polar surface area (TPSA) is 91.8 Å². The lowest BCUT2D eigenvalue weighted by atomic mass is 9.82. The van der Waals surface area contributed by atoms with Gasteiger partial charge in [-0.25, -0.2) is 8.42 Å². The standard InChI is InChI=1S/C13H21NO5S/c1-14(10-4-7-20(18,19)9-10)11(15)8-13(12(16)17)5-2-3-6-13/h10H,2-9H2,1H3,(H,16,17). The molecular weight excluding hydrogens is 282 g/mol. The number of amides is 1. The Morgan fingerprint density at radius 3 is 2.35 bits per heavy atom. The fourth-order valence-corrected chi connectivity index (χ4v) is 4.99. The summed E-state index contributed by atoms with van der Waals surface area (Å²) in [4.78, 5) is 25.2. The van der Waals surface area contributed by atoms with Crippen LogP contribution in [0.5, 0.6) is 0 Å². The van der Waals surface area contributed by atoms with Crippen molar-refractivity contribution in [3.8, 4) is 0 Å². The zero-order chi connectivity index (χ0) is 15.0. The molecule has 1 atom stereocenters. The van der Waals surface area contributed by atoms with Crippen LogP contribution in [0.4, 0.5) is 0 Å². The van der Waals surface area contributed by atoms with E-state index < -0.39 is 21.2 Å². The molecular formula is C13H21NO5S. The van der Waals surface area contributed by atoms with Gasteiger partial charge in [0.2, 0.25) is 5.91 Å². The summed E-state index contributed by atoms with van der Waals surface area (Å²) in [5.74, 6) is -1.05. The first-order chi connectivity index (χ1) is 9.26. The van der Waals surface area contributed by atoms with Gasteiger partial charge in [-0.05, 0) is 19.3 Å². The van der Waals surface area contributed by atoms with Crippen molar-refractivity contribution in [2.75, 3.05) is 18.6 Å². The molecule has 7 heteroatoms. The highest BCUT2D eigenvalue weighted by atomic mass is 32.2. The van der Waals surface area contributed by atoms with Gasteiger partial charge in [0, 0.05) is 19.5 Å². The van der Waals surface area contributed by atoms with E-state index in [2.05, 4.69) is 0 Å². The van der Waals surface area contributed by atoms with Crippen LogP contribution in [-0.4, -0.2) is 54.9 Å². The SMILES string of the molecule is CN(C(=O)CC1(C(=O)O)CCCC1)C1CCS(=O)(=O)C1. The molecule has 0 spiro atoms. The number of carboxylic acid groups (broad SMARTS) is 1. The van der Waals surface area contributed by atoms with Gasteiger partial charge >= 0.3 is 5.97 Å². The molecule has 1 aliphatic heterocycles. The van der Waals surface area contributed by atoms with Crippen LogP contribution < -0.4 is 0 Å².